The first-order chi connectivity index (χ1) is 28.4. The van der Waals surface area contributed by atoms with Crippen molar-refractivity contribution in [2.45, 2.75) is 225 Å². The van der Waals surface area contributed by atoms with Gasteiger partial charge in [-0.15, -0.1) is 0 Å². The summed E-state index contributed by atoms with van der Waals surface area (Å²) in [5.41, 5.74) is 5.49. The molecular formula is C51H88N2O5. The fraction of sp³-hybridized carbons (Fsp3) is 0.706. The molecule has 0 radical (unpaired) electrons. The fourth-order valence-electron chi connectivity index (χ4n) is 6.71. The molecule has 0 bridgehead atoms. The van der Waals surface area contributed by atoms with E-state index in [9.17, 15) is 19.5 Å². The van der Waals surface area contributed by atoms with Crippen LogP contribution in [0.1, 0.15) is 213 Å². The Morgan fingerprint density at radius 1 is 0.517 bits per heavy atom. The Morgan fingerprint density at radius 3 is 1.52 bits per heavy atom. The first kappa shape index (κ1) is 54.8. The number of unbranched alkanes of at least 4 members (excludes halogenated alkanes) is 16. The molecule has 0 fully saturated rings. The normalized spacial score (nSPS) is 13.3. The number of rotatable bonds is 42. The Hall–Kier alpha value is -3.19. The molecule has 0 aromatic rings. The molecule has 0 aliphatic heterocycles. The van der Waals surface area contributed by atoms with Gasteiger partial charge in [0.25, 0.3) is 0 Å². The number of carboxylic acid groups (broad SMARTS) is 1. The maximum atomic E-state index is 12.8. The molecule has 0 aliphatic rings. The lowest BCUT2D eigenvalue weighted by molar-refractivity contribution is -0.150. The predicted octanol–water partition coefficient (Wildman–Crippen LogP) is 13.9. The molecule has 0 saturated heterocycles. The summed E-state index contributed by atoms with van der Waals surface area (Å²) in [7, 11) is 0. The molecule has 0 aromatic carbocycles. The van der Waals surface area contributed by atoms with E-state index >= 15 is 0 Å². The summed E-state index contributed by atoms with van der Waals surface area (Å²) in [4.78, 5) is 36.4. The van der Waals surface area contributed by atoms with E-state index in [-0.39, 0.29) is 18.0 Å². The number of hydrogen-bond donors (Lipinski definition) is 3. The summed E-state index contributed by atoms with van der Waals surface area (Å²) in [6.45, 7) is 4.82. The molecular weight excluding hydrogens is 721 g/mol. The lowest BCUT2D eigenvalue weighted by Gasteiger charge is -2.18. The predicted molar refractivity (Wildman–Crippen MR) is 248 cm³/mol. The molecule has 0 aromatic heterocycles. The zero-order valence-electron chi connectivity index (χ0n) is 37.4. The number of esters is 1. The number of allylic oxidation sites excluding steroid dienone is 12. The molecule has 1 amide bonds. The molecule has 0 aliphatic carbocycles. The van der Waals surface area contributed by atoms with Gasteiger partial charge in [0.1, 0.15) is 12.1 Å². The molecule has 0 heterocycles. The molecule has 0 spiro atoms. The second-order valence-corrected chi connectivity index (χ2v) is 15.8. The average Bonchev–Trinajstić information content (AvgIpc) is 3.21. The maximum Gasteiger partial charge on any atom is 0.326 e. The van der Waals surface area contributed by atoms with E-state index in [1.807, 2.05) is 0 Å². The molecule has 58 heavy (non-hydrogen) atoms. The third kappa shape index (κ3) is 41.0. The van der Waals surface area contributed by atoms with Crippen molar-refractivity contribution in [2.24, 2.45) is 5.73 Å². The number of amides is 1. The van der Waals surface area contributed by atoms with Gasteiger partial charge >= 0.3 is 11.9 Å². The summed E-state index contributed by atoms with van der Waals surface area (Å²) < 4.78 is 6.03. The van der Waals surface area contributed by atoms with Gasteiger partial charge in [-0.1, -0.05) is 157 Å². The van der Waals surface area contributed by atoms with E-state index < -0.39 is 12.0 Å². The van der Waals surface area contributed by atoms with Crippen LogP contribution in [0.5, 0.6) is 0 Å². The van der Waals surface area contributed by atoms with E-state index in [0.29, 0.717) is 32.2 Å². The van der Waals surface area contributed by atoms with Crippen LogP contribution >= 0.6 is 0 Å². The van der Waals surface area contributed by atoms with Crippen LogP contribution in [0.3, 0.4) is 0 Å². The smallest absolute Gasteiger partial charge is 0.326 e. The minimum Gasteiger partial charge on any atom is -0.480 e. The van der Waals surface area contributed by atoms with Gasteiger partial charge in [-0.25, -0.2) is 4.79 Å². The molecule has 7 nitrogen and oxygen atoms in total. The number of nitrogens with two attached hydrogens (primary N) is 1. The van der Waals surface area contributed by atoms with Gasteiger partial charge in [-0.05, 0) is 122 Å². The third-order valence-electron chi connectivity index (χ3n) is 10.3. The monoisotopic (exact) mass is 809 g/mol. The van der Waals surface area contributed by atoms with Crippen molar-refractivity contribution in [3.63, 3.8) is 0 Å². The van der Waals surface area contributed by atoms with Gasteiger partial charge in [0, 0.05) is 12.8 Å². The van der Waals surface area contributed by atoms with Gasteiger partial charge in [-0.2, -0.15) is 0 Å². The number of carboxylic acids is 1. The SMILES string of the molecule is CC/C=C\C/C=C\C/C=C\C/C=C\C/C=C\CCCCCCCC(=O)OC(CCC/C=C\CCCCCCCC)CCCCCCCC(=O)NC(CCCN)C(=O)O. The molecule has 0 saturated carbocycles. The second kappa shape index (κ2) is 44.9. The van der Waals surface area contributed by atoms with Crippen molar-refractivity contribution < 1.29 is 24.2 Å². The summed E-state index contributed by atoms with van der Waals surface area (Å²) in [5.74, 6) is -1.27. The highest BCUT2D eigenvalue weighted by Crippen LogP contribution is 2.18. The summed E-state index contributed by atoms with van der Waals surface area (Å²) in [5, 5.41) is 11.9. The van der Waals surface area contributed by atoms with E-state index in [1.165, 1.54) is 51.4 Å². The standard InChI is InChI=1S/C51H88N2O5/c1-3-5-7-9-11-13-15-16-17-18-19-20-21-22-23-24-26-28-30-35-39-45-50(55)58-47(41-36-32-29-27-25-14-12-10-8-6-4-2)42-37-33-31-34-38-44-49(54)53-48(51(56)57)43-40-46-52/h5,7,11,13,16-17,19-20,22-23,27,29,47-48H,3-4,6,8-10,12,14-15,18,21,24-26,28,30-46,52H2,1-2H3,(H,53,54)(H,56,57)/b7-5-,13-11-,17-16-,20-19-,23-22-,29-27-. The zero-order chi connectivity index (χ0) is 42.4. The van der Waals surface area contributed by atoms with Crippen LogP contribution in [0.4, 0.5) is 0 Å². The minimum absolute atomic E-state index is 0.0322. The Bertz CT molecular complexity index is 1140. The van der Waals surface area contributed by atoms with Gasteiger partial charge in [0.05, 0.1) is 0 Å². The van der Waals surface area contributed by atoms with Gasteiger partial charge < -0.3 is 20.9 Å². The Morgan fingerprint density at radius 2 is 0.966 bits per heavy atom. The van der Waals surface area contributed by atoms with Gasteiger partial charge in [-0.3, -0.25) is 9.59 Å². The van der Waals surface area contributed by atoms with Gasteiger partial charge in [0.2, 0.25) is 5.91 Å². The first-order valence-corrected chi connectivity index (χ1v) is 23.8. The Labute approximate surface area is 356 Å². The molecule has 7 heteroatoms. The highest BCUT2D eigenvalue weighted by Gasteiger charge is 2.19. The summed E-state index contributed by atoms with van der Waals surface area (Å²) >= 11 is 0. The fourth-order valence-corrected chi connectivity index (χ4v) is 6.71. The molecule has 332 valence electrons. The number of carbonyl (C=O) groups excluding carboxylic acids is 2. The van der Waals surface area contributed by atoms with Crippen LogP contribution in [0.15, 0.2) is 72.9 Å². The van der Waals surface area contributed by atoms with E-state index in [0.717, 1.165) is 122 Å². The number of aliphatic carboxylic acids is 1. The quantitative estimate of drug-likeness (QED) is 0.0321. The van der Waals surface area contributed by atoms with Crippen LogP contribution in [-0.4, -0.2) is 41.6 Å². The van der Waals surface area contributed by atoms with Crippen LogP contribution < -0.4 is 11.1 Å². The molecule has 2 atom stereocenters. The summed E-state index contributed by atoms with van der Waals surface area (Å²) in [6, 6.07) is -0.864. The lowest BCUT2D eigenvalue weighted by Crippen LogP contribution is -2.40. The molecule has 4 N–H and O–H groups in total. The van der Waals surface area contributed by atoms with Crippen molar-refractivity contribution in [2.75, 3.05) is 6.54 Å². The Kier molecular flexibility index (Phi) is 42.4. The zero-order valence-corrected chi connectivity index (χ0v) is 37.4. The van der Waals surface area contributed by atoms with Crippen LogP contribution in [0.2, 0.25) is 0 Å². The first-order valence-electron chi connectivity index (χ1n) is 23.8. The van der Waals surface area contributed by atoms with E-state index in [4.69, 9.17) is 10.5 Å². The third-order valence-corrected chi connectivity index (χ3v) is 10.3. The van der Waals surface area contributed by atoms with Crippen molar-refractivity contribution in [3.05, 3.63) is 72.9 Å². The molecule has 0 rings (SSSR count). The van der Waals surface area contributed by atoms with E-state index in [1.54, 1.807) is 0 Å². The van der Waals surface area contributed by atoms with E-state index in [2.05, 4.69) is 92.1 Å². The van der Waals surface area contributed by atoms with Crippen molar-refractivity contribution in [1.29, 1.82) is 0 Å². The van der Waals surface area contributed by atoms with Crippen LogP contribution in [0.25, 0.3) is 0 Å². The number of hydrogen-bond acceptors (Lipinski definition) is 5. The summed E-state index contributed by atoms with van der Waals surface area (Å²) in [6.07, 6.45) is 58.1. The maximum absolute atomic E-state index is 12.8. The highest BCUT2D eigenvalue weighted by molar-refractivity contribution is 5.83. The van der Waals surface area contributed by atoms with Crippen molar-refractivity contribution in [1.82, 2.24) is 5.32 Å². The highest BCUT2D eigenvalue weighted by atomic mass is 16.5. The van der Waals surface area contributed by atoms with Crippen molar-refractivity contribution in [3.8, 4) is 0 Å². The largest absolute Gasteiger partial charge is 0.480 e. The number of nitrogens with one attached hydrogen (secondary N) is 1. The van der Waals surface area contributed by atoms with Crippen LogP contribution in [0, 0.1) is 0 Å². The van der Waals surface area contributed by atoms with Gasteiger partial charge in [0.15, 0.2) is 0 Å². The minimum atomic E-state index is -1.01. The Balaban J connectivity index is 4.33. The molecule has 2 unspecified atom stereocenters. The number of carbonyl (C=O) groups is 3. The van der Waals surface area contributed by atoms with Crippen LogP contribution in [-0.2, 0) is 19.1 Å². The van der Waals surface area contributed by atoms with Crippen molar-refractivity contribution >= 4 is 17.8 Å². The second-order valence-electron chi connectivity index (χ2n) is 15.8. The topological polar surface area (TPSA) is 119 Å². The lowest BCUT2D eigenvalue weighted by atomic mass is 10.0. The average molecular weight is 809 g/mol. The number of ether oxygens (including phenoxy) is 1.